The molecule has 0 aliphatic rings. The van der Waals surface area contributed by atoms with Crippen molar-refractivity contribution >= 4 is 20.9 Å². The number of rotatable bonds is 6. The summed E-state index contributed by atoms with van der Waals surface area (Å²) in [5, 5.41) is 0.881. The highest BCUT2D eigenvalue weighted by Crippen LogP contribution is 2.25. The van der Waals surface area contributed by atoms with Crippen molar-refractivity contribution in [3.05, 3.63) is 69.0 Å². The average Bonchev–Trinajstić information content (AvgIpc) is 2.65. The molecule has 0 aliphatic carbocycles. The van der Waals surface area contributed by atoms with Gasteiger partial charge in [-0.3, -0.25) is 4.79 Å². The summed E-state index contributed by atoms with van der Waals surface area (Å²) in [6.07, 6.45) is 0.284. The Labute approximate surface area is 164 Å². The molecule has 0 bridgehead atoms. The number of sulfonamides is 1. The van der Waals surface area contributed by atoms with Gasteiger partial charge < -0.3 is 9.72 Å². The Morgan fingerprint density at radius 2 is 1.71 bits per heavy atom. The molecule has 0 aliphatic heterocycles. The molecule has 0 amide bonds. The molecule has 0 atom stereocenters. The maximum absolute atomic E-state index is 12.5. The lowest BCUT2D eigenvalue weighted by molar-refractivity contribution is 0.418. The summed E-state index contributed by atoms with van der Waals surface area (Å²) in [7, 11) is -2.07. The maximum atomic E-state index is 12.5. The van der Waals surface area contributed by atoms with E-state index in [0.29, 0.717) is 16.8 Å². The molecule has 2 N–H and O–H groups in total. The number of fused-ring (bicyclic) bond motifs is 1. The molecule has 28 heavy (non-hydrogen) atoms. The third-order valence-corrected chi connectivity index (χ3v) is 6.43. The van der Waals surface area contributed by atoms with E-state index in [1.54, 1.807) is 31.4 Å². The highest BCUT2D eigenvalue weighted by Gasteiger charge is 2.15. The number of aromatic nitrogens is 1. The van der Waals surface area contributed by atoms with Gasteiger partial charge >= 0.3 is 0 Å². The Balaban J connectivity index is 1.82. The van der Waals surface area contributed by atoms with E-state index < -0.39 is 10.0 Å². The number of benzene rings is 2. The number of aryl methyl sites for hydroxylation is 3. The molecule has 0 radical (unpaired) electrons. The van der Waals surface area contributed by atoms with E-state index in [2.05, 4.69) is 9.71 Å². The second-order valence-corrected chi connectivity index (χ2v) is 8.66. The molecule has 1 heterocycles. The van der Waals surface area contributed by atoms with Crippen molar-refractivity contribution < 1.29 is 13.2 Å². The summed E-state index contributed by atoms with van der Waals surface area (Å²) < 4.78 is 32.9. The molecule has 0 spiro atoms. The standard InChI is InChI=1S/C21H24N2O4S/c1-13-5-7-17(11-15(13)3)28(25,26)22-10-9-16-12-18-14(2)6-8-19(27-4)20(18)23-21(16)24/h5-8,11-12,22H,9-10H2,1-4H3,(H,23,24). The van der Waals surface area contributed by atoms with Crippen LogP contribution >= 0.6 is 0 Å². The molecule has 0 unspecified atom stereocenters. The summed E-state index contributed by atoms with van der Waals surface area (Å²) in [4.78, 5) is 15.5. The number of H-pyrrole nitrogens is 1. The highest BCUT2D eigenvalue weighted by molar-refractivity contribution is 7.89. The van der Waals surface area contributed by atoms with E-state index in [1.165, 1.54) is 0 Å². The zero-order valence-corrected chi connectivity index (χ0v) is 17.2. The first-order chi connectivity index (χ1) is 13.2. The summed E-state index contributed by atoms with van der Waals surface area (Å²) >= 11 is 0. The normalized spacial score (nSPS) is 11.7. The first-order valence-electron chi connectivity index (χ1n) is 8.99. The minimum Gasteiger partial charge on any atom is -0.495 e. The Morgan fingerprint density at radius 3 is 2.39 bits per heavy atom. The van der Waals surface area contributed by atoms with E-state index in [1.807, 2.05) is 32.9 Å². The van der Waals surface area contributed by atoms with Crippen molar-refractivity contribution in [1.29, 1.82) is 0 Å². The minimum absolute atomic E-state index is 0.132. The van der Waals surface area contributed by atoms with Gasteiger partial charge in [-0.05, 0) is 68.1 Å². The summed E-state index contributed by atoms with van der Waals surface area (Å²) in [5.41, 5.74) is 3.87. The molecule has 1 aromatic heterocycles. The van der Waals surface area contributed by atoms with Crippen LogP contribution in [-0.2, 0) is 16.4 Å². The summed E-state index contributed by atoms with van der Waals surface area (Å²) in [6, 6.07) is 10.6. The number of methoxy groups -OCH3 is 1. The van der Waals surface area contributed by atoms with Gasteiger partial charge in [0.1, 0.15) is 5.75 Å². The van der Waals surface area contributed by atoms with E-state index in [-0.39, 0.29) is 23.4 Å². The third kappa shape index (κ3) is 3.95. The zero-order chi connectivity index (χ0) is 20.5. The number of pyridine rings is 1. The molecular weight excluding hydrogens is 376 g/mol. The fraction of sp³-hybridized carbons (Fsp3) is 0.286. The second kappa shape index (κ2) is 7.77. The molecule has 3 aromatic rings. The quantitative estimate of drug-likeness (QED) is 0.666. The monoisotopic (exact) mass is 400 g/mol. The zero-order valence-electron chi connectivity index (χ0n) is 16.4. The SMILES string of the molecule is COc1ccc(C)c2cc(CCNS(=O)(=O)c3ccc(C)c(C)c3)c(=O)[nH]c12. The number of ether oxygens (including phenoxy) is 1. The van der Waals surface area contributed by atoms with Crippen LogP contribution in [0, 0.1) is 20.8 Å². The number of hydrogen-bond donors (Lipinski definition) is 2. The van der Waals surface area contributed by atoms with Gasteiger partial charge in [0.15, 0.2) is 0 Å². The molecule has 7 heteroatoms. The molecule has 0 saturated heterocycles. The van der Waals surface area contributed by atoms with E-state index >= 15 is 0 Å². The van der Waals surface area contributed by atoms with Crippen LogP contribution in [0.5, 0.6) is 5.75 Å². The van der Waals surface area contributed by atoms with E-state index in [0.717, 1.165) is 22.1 Å². The van der Waals surface area contributed by atoms with Crippen molar-refractivity contribution in [2.24, 2.45) is 0 Å². The third-order valence-electron chi connectivity index (χ3n) is 4.97. The lowest BCUT2D eigenvalue weighted by atomic mass is 10.1. The van der Waals surface area contributed by atoms with Crippen LogP contribution in [0.25, 0.3) is 10.9 Å². The van der Waals surface area contributed by atoms with Crippen LogP contribution in [0.15, 0.2) is 46.1 Å². The fourth-order valence-corrected chi connectivity index (χ4v) is 4.21. The van der Waals surface area contributed by atoms with Gasteiger partial charge in [0.2, 0.25) is 10.0 Å². The van der Waals surface area contributed by atoms with Gasteiger partial charge in [0, 0.05) is 17.5 Å². The Kier molecular flexibility index (Phi) is 5.58. The number of nitrogens with one attached hydrogen (secondary N) is 2. The smallest absolute Gasteiger partial charge is 0.251 e. The fourth-order valence-electron chi connectivity index (χ4n) is 3.09. The number of hydrogen-bond acceptors (Lipinski definition) is 4. The van der Waals surface area contributed by atoms with E-state index in [4.69, 9.17) is 4.74 Å². The molecule has 0 fully saturated rings. The Hall–Kier alpha value is -2.64. The van der Waals surface area contributed by atoms with E-state index in [9.17, 15) is 13.2 Å². The lowest BCUT2D eigenvalue weighted by Crippen LogP contribution is -2.27. The van der Waals surface area contributed by atoms with Gasteiger partial charge in [-0.15, -0.1) is 0 Å². The maximum Gasteiger partial charge on any atom is 0.251 e. The molecule has 2 aromatic carbocycles. The van der Waals surface area contributed by atoms with Crippen molar-refractivity contribution in [3.8, 4) is 5.75 Å². The topological polar surface area (TPSA) is 88.3 Å². The summed E-state index contributed by atoms with van der Waals surface area (Å²) in [6.45, 7) is 5.89. The second-order valence-electron chi connectivity index (χ2n) is 6.89. The van der Waals surface area contributed by atoms with Crippen molar-refractivity contribution in [2.75, 3.05) is 13.7 Å². The lowest BCUT2D eigenvalue weighted by Gasteiger charge is -2.11. The highest BCUT2D eigenvalue weighted by atomic mass is 32.2. The Bertz CT molecular complexity index is 1200. The van der Waals surface area contributed by atoms with Crippen LogP contribution in [0.1, 0.15) is 22.3 Å². The van der Waals surface area contributed by atoms with Crippen LogP contribution in [0.2, 0.25) is 0 Å². The number of aromatic amines is 1. The van der Waals surface area contributed by atoms with Gasteiger partial charge in [-0.25, -0.2) is 13.1 Å². The van der Waals surface area contributed by atoms with Crippen molar-refractivity contribution in [3.63, 3.8) is 0 Å². The predicted molar refractivity (Wildman–Crippen MR) is 111 cm³/mol. The molecular formula is C21H24N2O4S. The first-order valence-corrected chi connectivity index (χ1v) is 10.5. The van der Waals surface area contributed by atoms with Gasteiger partial charge in [-0.2, -0.15) is 0 Å². The van der Waals surface area contributed by atoms with Crippen molar-refractivity contribution in [1.82, 2.24) is 9.71 Å². The van der Waals surface area contributed by atoms with Crippen LogP contribution < -0.4 is 15.0 Å². The Morgan fingerprint density at radius 1 is 1.00 bits per heavy atom. The van der Waals surface area contributed by atoms with Gasteiger partial charge in [0.25, 0.3) is 5.56 Å². The van der Waals surface area contributed by atoms with Crippen LogP contribution in [0.3, 0.4) is 0 Å². The molecule has 0 saturated carbocycles. The largest absolute Gasteiger partial charge is 0.495 e. The molecule has 3 rings (SSSR count). The predicted octanol–water partition coefficient (Wildman–Crippen LogP) is 2.98. The summed E-state index contributed by atoms with van der Waals surface area (Å²) in [5.74, 6) is 0.597. The average molecular weight is 401 g/mol. The first kappa shape index (κ1) is 20.1. The molecule has 148 valence electrons. The van der Waals surface area contributed by atoms with Crippen LogP contribution in [-0.4, -0.2) is 27.1 Å². The van der Waals surface area contributed by atoms with Gasteiger partial charge in [-0.1, -0.05) is 12.1 Å². The van der Waals surface area contributed by atoms with Gasteiger partial charge in [0.05, 0.1) is 17.5 Å². The van der Waals surface area contributed by atoms with Crippen molar-refractivity contribution in [2.45, 2.75) is 32.1 Å². The molecule has 6 nitrogen and oxygen atoms in total. The van der Waals surface area contributed by atoms with Crippen LogP contribution in [0.4, 0.5) is 0 Å². The minimum atomic E-state index is -3.63.